The number of amides is 2. The van der Waals surface area contributed by atoms with Crippen LogP contribution in [-0.4, -0.2) is 12.6 Å². The van der Waals surface area contributed by atoms with Crippen molar-refractivity contribution >= 4 is 40.3 Å². The summed E-state index contributed by atoms with van der Waals surface area (Å²) in [6.45, 7) is 3.73. The van der Waals surface area contributed by atoms with Crippen LogP contribution in [0.4, 0.5) is 16.2 Å². The van der Waals surface area contributed by atoms with E-state index in [9.17, 15) is 4.79 Å². The fraction of sp³-hybridized carbons (Fsp3) is 0.484. The molecule has 0 aliphatic heterocycles. The lowest BCUT2D eigenvalue weighted by Crippen LogP contribution is -3.00. The molecule has 1 heterocycles. The number of hydrogen-bond acceptors (Lipinski definition) is 3. The number of hydrogen-bond donors (Lipinski definition) is 2. The second-order valence-electron chi connectivity index (χ2n) is 9.86. The second-order valence-corrected chi connectivity index (χ2v) is 11.0. The predicted molar refractivity (Wildman–Crippen MR) is 161 cm³/mol. The summed E-state index contributed by atoms with van der Waals surface area (Å²) in [6.07, 6.45) is 17.9. The van der Waals surface area contributed by atoms with Gasteiger partial charge in [0.15, 0.2) is 12.7 Å². The molecule has 2 aromatic carbocycles. The van der Waals surface area contributed by atoms with E-state index < -0.39 is 0 Å². The molecule has 0 saturated heterocycles. The Labute approximate surface area is 254 Å². The van der Waals surface area contributed by atoms with E-state index in [1.807, 2.05) is 48.0 Å². The lowest BCUT2D eigenvalue weighted by atomic mass is 10.1. The number of rotatable bonds is 18. The van der Waals surface area contributed by atoms with Crippen LogP contribution in [0.2, 0.25) is 5.02 Å². The van der Waals surface area contributed by atoms with E-state index in [4.69, 9.17) is 16.3 Å². The third-order valence-electron chi connectivity index (χ3n) is 6.55. The molecule has 5 nitrogen and oxygen atoms in total. The Morgan fingerprint density at radius 3 is 2.03 bits per heavy atom. The van der Waals surface area contributed by atoms with Gasteiger partial charge in [0.2, 0.25) is 5.51 Å². The fourth-order valence-electron chi connectivity index (χ4n) is 4.37. The van der Waals surface area contributed by atoms with Crippen molar-refractivity contribution in [3.05, 3.63) is 70.1 Å². The van der Waals surface area contributed by atoms with Crippen LogP contribution in [0.25, 0.3) is 0 Å². The molecule has 0 radical (unpaired) electrons. The van der Waals surface area contributed by atoms with Crippen molar-refractivity contribution in [2.24, 2.45) is 0 Å². The van der Waals surface area contributed by atoms with E-state index in [1.54, 1.807) is 17.4 Å². The Morgan fingerprint density at radius 2 is 1.44 bits per heavy atom. The summed E-state index contributed by atoms with van der Waals surface area (Å²) in [7, 11) is 0. The van der Waals surface area contributed by atoms with Crippen LogP contribution in [0.1, 0.15) is 89.5 Å². The summed E-state index contributed by atoms with van der Waals surface area (Å²) < 4.78 is 7.99. The van der Waals surface area contributed by atoms with E-state index in [0.29, 0.717) is 23.1 Å². The van der Waals surface area contributed by atoms with Crippen LogP contribution in [0.15, 0.2) is 59.6 Å². The molecule has 0 unspecified atom stereocenters. The number of unbranched alkanes of at least 4 members (excludes halogenated alkanes) is 11. The lowest BCUT2D eigenvalue weighted by molar-refractivity contribution is -0.683. The molecule has 2 amide bonds. The van der Waals surface area contributed by atoms with Gasteiger partial charge in [0, 0.05) is 16.9 Å². The largest absolute Gasteiger partial charge is 1.00 e. The van der Waals surface area contributed by atoms with Crippen LogP contribution in [-0.2, 0) is 6.54 Å². The summed E-state index contributed by atoms with van der Waals surface area (Å²) in [6, 6.07) is 12.9. The van der Waals surface area contributed by atoms with Gasteiger partial charge in [-0.05, 0) is 36.8 Å². The number of aromatic nitrogens is 1. The Balaban J connectivity index is 0.00000533. The number of anilines is 2. The first-order valence-corrected chi connectivity index (χ1v) is 15.5. The lowest BCUT2D eigenvalue weighted by Gasteiger charge is -2.11. The van der Waals surface area contributed by atoms with Crippen molar-refractivity contribution in [2.75, 3.05) is 17.2 Å². The fourth-order valence-corrected chi connectivity index (χ4v) is 5.20. The van der Waals surface area contributed by atoms with Crippen molar-refractivity contribution in [2.45, 2.75) is 90.5 Å². The molecule has 3 aromatic rings. The van der Waals surface area contributed by atoms with Crippen molar-refractivity contribution in [3.63, 3.8) is 0 Å². The summed E-state index contributed by atoms with van der Waals surface area (Å²) >= 11 is 8.07. The Kier molecular flexibility index (Phi) is 16.9. The molecule has 214 valence electrons. The maximum Gasteiger partial charge on any atom is 0.323 e. The number of nitrogens with one attached hydrogen (secondary N) is 2. The summed E-state index contributed by atoms with van der Waals surface area (Å²) in [5.41, 5.74) is 4.59. The number of urea groups is 1. The third kappa shape index (κ3) is 13.7. The third-order valence-corrected chi connectivity index (χ3v) is 7.52. The van der Waals surface area contributed by atoms with Gasteiger partial charge in [-0.1, -0.05) is 113 Å². The molecule has 0 atom stereocenters. The molecular weight excluding hydrogens is 594 g/mol. The topological polar surface area (TPSA) is 54.2 Å². The van der Waals surface area contributed by atoms with Crippen LogP contribution in [0.5, 0.6) is 5.75 Å². The van der Waals surface area contributed by atoms with Gasteiger partial charge in [-0.25, -0.2) is 4.79 Å². The number of nitrogens with zero attached hydrogens (tertiary/aromatic N) is 1. The van der Waals surface area contributed by atoms with Crippen molar-refractivity contribution in [1.82, 2.24) is 0 Å². The van der Waals surface area contributed by atoms with E-state index in [1.165, 1.54) is 76.2 Å². The van der Waals surface area contributed by atoms with Crippen LogP contribution in [0, 0.1) is 0 Å². The highest BCUT2D eigenvalue weighted by Gasteiger charge is 2.08. The molecule has 1 aromatic heterocycles. The maximum absolute atomic E-state index is 12.4. The first kappa shape index (κ1) is 33.1. The van der Waals surface area contributed by atoms with Gasteiger partial charge in [-0.3, -0.25) is 0 Å². The molecule has 8 heteroatoms. The molecule has 2 N–H and O–H groups in total. The highest BCUT2D eigenvalue weighted by atomic mass is 79.9. The summed E-state index contributed by atoms with van der Waals surface area (Å²) in [5.74, 6) is 0.653. The molecular formula is C31H43BrClN3O2S. The maximum atomic E-state index is 12.4. The summed E-state index contributed by atoms with van der Waals surface area (Å²) in [4.78, 5) is 12.4. The van der Waals surface area contributed by atoms with Gasteiger partial charge in [-0.15, -0.1) is 0 Å². The molecule has 0 aliphatic carbocycles. The van der Waals surface area contributed by atoms with Crippen molar-refractivity contribution < 1.29 is 31.1 Å². The Morgan fingerprint density at radius 1 is 0.846 bits per heavy atom. The number of ether oxygens (including phenoxy) is 1. The van der Waals surface area contributed by atoms with Gasteiger partial charge in [0.25, 0.3) is 0 Å². The summed E-state index contributed by atoms with van der Waals surface area (Å²) in [5, 5.41) is 8.24. The van der Waals surface area contributed by atoms with E-state index >= 15 is 0 Å². The highest BCUT2D eigenvalue weighted by molar-refractivity contribution is 7.07. The zero-order chi connectivity index (χ0) is 26.8. The zero-order valence-electron chi connectivity index (χ0n) is 23.1. The average Bonchev–Trinajstić information content (AvgIpc) is 3.42. The molecule has 0 aliphatic rings. The predicted octanol–water partition coefficient (Wildman–Crippen LogP) is 6.47. The van der Waals surface area contributed by atoms with Gasteiger partial charge < -0.3 is 32.4 Å². The number of benzene rings is 2. The minimum absolute atomic E-state index is 0. The highest BCUT2D eigenvalue weighted by Crippen LogP contribution is 2.28. The van der Waals surface area contributed by atoms with Gasteiger partial charge in [-0.2, -0.15) is 4.57 Å². The molecule has 39 heavy (non-hydrogen) atoms. The van der Waals surface area contributed by atoms with Crippen molar-refractivity contribution in [3.8, 4) is 5.75 Å². The average molecular weight is 637 g/mol. The first-order chi connectivity index (χ1) is 18.6. The standard InChI is InChI=1S/C31H42ClN3O2S.BrH/c1-2-3-4-5-6-7-8-9-10-11-12-13-21-37-30-19-18-28(23-29(30)32)34-31(36)33-27-16-14-26(15-17-27)24-35-20-22-38-25-35;/h14-20,22-23,25H,2-13,21,24H2,1H3,(H-,33,34,36);1H. The molecule has 0 saturated carbocycles. The van der Waals surface area contributed by atoms with Gasteiger partial charge in [0.05, 0.1) is 17.0 Å². The number of carbonyl (C=O) groups is 1. The van der Waals surface area contributed by atoms with E-state index in [-0.39, 0.29) is 23.0 Å². The van der Waals surface area contributed by atoms with Crippen LogP contribution in [0.3, 0.4) is 0 Å². The Hall–Kier alpha value is -2.09. The number of thiazole rings is 1. The quantitative estimate of drug-likeness (QED) is 0.124. The molecule has 0 bridgehead atoms. The smallest absolute Gasteiger partial charge is 0.323 e. The van der Waals surface area contributed by atoms with Crippen LogP contribution < -0.4 is 36.9 Å². The second kappa shape index (κ2) is 19.9. The monoisotopic (exact) mass is 635 g/mol. The van der Waals surface area contributed by atoms with Gasteiger partial charge in [0.1, 0.15) is 5.75 Å². The van der Waals surface area contributed by atoms with Gasteiger partial charge >= 0.3 is 6.03 Å². The van der Waals surface area contributed by atoms with Crippen LogP contribution >= 0.6 is 22.9 Å². The Bertz CT molecular complexity index is 1060. The normalized spacial score (nSPS) is 10.6. The van der Waals surface area contributed by atoms with E-state index in [2.05, 4.69) is 27.6 Å². The molecule has 0 fully saturated rings. The minimum Gasteiger partial charge on any atom is -1.00 e. The first-order valence-electron chi connectivity index (χ1n) is 14.1. The minimum atomic E-state index is -0.314. The molecule has 0 spiro atoms. The van der Waals surface area contributed by atoms with Crippen molar-refractivity contribution in [1.29, 1.82) is 0 Å². The number of carbonyl (C=O) groups excluding carboxylic acids is 1. The number of halogens is 2. The zero-order valence-corrected chi connectivity index (χ0v) is 26.3. The SMILES string of the molecule is CCCCCCCCCCCCCCOc1ccc(NC(=O)Nc2ccc(C[n+]3ccsc3)cc2)cc1Cl.[Br-]. The molecule has 3 rings (SSSR count). The van der Waals surface area contributed by atoms with E-state index in [0.717, 1.165) is 18.7 Å².